The van der Waals surface area contributed by atoms with Gasteiger partial charge in [0, 0.05) is 0 Å². The molecule has 2 N–H and O–H groups in total. The van der Waals surface area contributed by atoms with Crippen molar-refractivity contribution in [2.24, 2.45) is 0 Å². The maximum Gasteiger partial charge on any atom is 0.0777 e. The van der Waals surface area contributed by atoms with E-state index in [9.17, 15) is 0 Å². The topological polar surface area (TPSA) is 40.5 Å². The summed E-state index contributed by atoms with van der Waals surface area (Å²) >= 11 is 0. The normalized spacial score (nSPS) is 15.7. The Bertz CT molecular complexity index is 47.5. The Morgan fingerprint density at radius 1 is 1.67 bits per heavy atom. The molecule has 0 aliphatic heterocycles. The lowest BCUT2D eigenvalue weighted by Gasteiger charge is -1.86. The van der Waals surface area contributed by atoms with Gasteiger partial charge < -0.3 is 10.2 Å². The molecule has 0 heterocycles. The molecule has 0 amide bonds. The minimum atomic E-state index is -0.532. The van der Waals surface area contributed by atoms with E-state index in [2.05, 4.69) is 0 Å². The monoisotopic (exact) mass is 88.1 g/mol. The number of hydrogen-bond donors (Lipinski definition) is 2. The van der Waals surface area contributed by atoms with Crippen molar-refractivity contribution in [1.82, 2.24) is 0 Å². The van der Waals surface area contributed by atoms with Crippen LogP contribution in [-0.4, -0.2) is 16.3 Å². The summed E-state index contributed by atoms with van der Waals surface area (Å²) in [6.07, 6.45) is 1.57. The van der Waals surface area contributed by atoms with Gasteiger partial charge in [-0.25, -0.2) is 0 Å². The Morgan fingerprint density at radius 3 is 2.17 bits per heavy atom. The number of aliphatic hydroxyl groups is 2. The van der Waals surface area contributed by atoms with E-state index in [0.29, 0.717) is 0 Å². The molecule has 0 rings (SSSR count). The molecule has 0 aliphatic carbocycles. The van der Waals surface area contributed by atoms with Crippen LogP contribution in [0.3, 0.4) is 0 Å². The van der Waals surface area contributed by atoms with Crippen LogP contribution >= 0.6 is 0 Å². The Hall–Kier alpha value is -0.500. The van der Waals surface area contributed by atoms with Gasteiger partial charge in [-0.05, 0) is 13.0 Å². The molecule has 2 nitrogen and oxygen atoms in total. The average Bonchev–Trinajstić information content (AvgIpc) is 1.35. The molecule has 1 atom stereocenters. The number of rotatable bonds is 1. The van der Waals surface area contributed by atoms with Crippen LogP contribution in [0.25, 0.3) is 0 Å². The summed E-state index contributed by atoms with van der Waals surface area (Å²) in [6, 6.07) is 0. The molecule has 36 valence electrons. The second-order valence-electron chi connectivity index (χ2n) is 1.08. The van der Waals surface area contributed by atoms with E-state index < -0.39 is 6.10 Å². The summed E-state index contributed by atoms with van der Waals surface area (Å²) < 4.78 is 0. The molecular weight excluding hydrogens is 80.0 g/mol. The average molecular weight is 88.1 g/mol. The SMILES string of the molecule is C[C@@H](O)C=CO. The zero-order valence-corrected chi connectivity index (χ0v) is 3.63. The number of aliphatic hydroxyl groups excluding tert-OH is 2. The molecule has 6 heavy (non-hydrogen) atoms. The standard InChI is InChI=1S/C4H8O2/c1-4(6)2-3-5/h2-6H,1H3/t4-/m1/s1. The molecule has 0 saturated carbocycles. The van der Waals surface area contributed by atoms with E-state index in [1.807, 2.05) is 0 Å². The molecule has 0 saturated heterocycles. The highest BCUT2D eigenvalue weighted by atomic mass is 16.3. The molecule has 0 fully saturated rings. The lowest BCUT2D eigenvalue weighted by atomic mass is 10.4. The summed E-state index contributed by atoms with van der Waals surface area (Å²) in [5.74, 6) is 0. The maximum absolute atomic E-state index is 8.31. The van der Waals surface area contributed by atoms with Crippen molar-refractivity contribution >= 4 is 0 Å². The van der Waals surface area contributed by atoms with Crippen LogP contribution in [0.2, 0.25) is 0 Å². The molecule has 0 spiro atoms. The third-order valence-electron chi connectivity index (χ3n) is 0.365. The first-order valence-electron chi connectivity index (χ1n) is 1.76. The maximum atomic E-state index is 8.31. The van der Waals surface area contributed by atoms with Crippen molar-refractivity contribution in [3.63, 3.8) is 0 Å². The predicted molar refractivity (Wildman–Crippen MR) is 23.4 cm³/mol. The lowest BCUT2D eigenvalue weighted by molar-refractivity contribution is 0.240. The Balaban J connectivity index is 3.03. The van der Waals surface area contributed by atoms with Crippen molar-refractivity contribution in [3.05, 3.63) is 12.3 Å². The van der Waals surface area contributed by atoms with Gasteiger partial charge in [-0.15, -0.1) is 0 Å². The molecule has 0 aliphatic rings. The molecule has 0 aromatic carbocycles. The van der Waals surface area contributed by atoms with Gasteiger partial charge in [0.25, 0.3) is 0 Å². The fourth-order valence-electron chi connectivity index (χ4n) is 0.125. The van der Waals surface area contributed by atoms with Gasteiger partial charge in [0.15, 0.2) is 0 Å². The zero-order chi connectivity index (χ0) is 4.99. The second kappa shape index (κ2) is 2.72. The van der Waals surface area contributed by atoms with Gasteiger partial charge >= 0.3 is 0 Å². The van der Waals surface area contributed by atoms with Crippen LogP contribution in [0, 0.1) is 0 Å². The van der Waals surface area contributed by atoms with Crippen molar-refractivity contribution in [1.29, 1.82) is 0 Å². The third kappa shape index (κ3) is 3.50. The Kier molecular flexibility index (Phi) is 2.50. The van der Waals surface area contributed by atoms with Gasteiger partial charge in [0.1, 0.15) is 0 Å². The van der Waals surface area contributed by atoms with E-state index >= 15 is 0 Å². The molecule has 2 heteroatoms. The van der Waals surface area contributed by atoms with Gasteiger partial charge in [-0.2, -0.15) is 0 Å². The molecular formula is C4H8O2. The highest BCUT2D eigenvalue weighted by Crippen LogP contribution is 1.76. The van der Waals surface area contributed by atoms with Crippen molar-refractivity contribution < 1.29 is 10.2 Å². The quantitative estimate of drug-likeness (QED) is 0.456. The fourth-order valence-corrected chi connectivity index (χ4v) is 0.125. The van der Waals surface area contributed by atoms with Crippen molar-refractivity contribution in [2.45, 2.75) is 13.0 Å². The predicted octanol–water partition coefficient (Wildman–Crippen LogP) is 0.439. The minimum Gasteiger partial charge on any atom is -0.516 e. The van der Waals surface area contributed by atoms with Gasteiger partial charge in [0.05, 0.1) is 12.4 Å². The largest absolute Gasteiger partial charge is 0.516 e. The summed E-state index contributed by atoms with van der Waals surface area (Å²) in [5, 5.41) is 16.2. The molecule has 0 unspecified atom stereocenters. The zero-order valence-electron chi connectivity index (χ0n) is 3.63. The van der Waals surface area contributed by atoms with Gasteiger partial charge in [-0.1, -0.05) is 0 Å². The highest BCUT2D eigenvalue weighted by molar-refractivity contribution is 4.76. The first-order valence-corrected chi connectivity index (χ1v) is 1.76. The van der Waals surface area contributed by atoms with Crippen LogP contribution in [-0.2, 0) is 0 Å². The first kappa shape index (κ1) is 5.50. The van der Waals surface area contributed by atoms with Crippen LogP contribution in [0.1, 0.15) is 6.92 Å². The van der Waals surface area contributed by atoms with Gasteiger partial charge in [0.2, 0.25) is 0 Å². The molecule has 0 radical (unpaired) electrons. The molecule has 0 aromatic heterocycles. The lowest BCUT2D eigenvalue weighted by Crippen LogP contribution is -1.90. The van der Waals surface area contributed by atoms with Crippen LogP contribution in [0.5, 0.6) is 0 Å². The minimum absolute atomic E-state index is 0.532. The molecule has 0 bridgehead atoms. The van der Waals surface area contributed by atoms with E-state index in [4.69, 9.17) is 10.2 Å². The summed E-state index contributed by atoms with van der Waals surface area (Å²) in [4.78, 5) is 0. The Morgan fingerprint density at radius 2 is 2.17 bits per heavy atom. The summed E-state index contributed by atoms with van der Waals surface area (Å²) in [5.41, 5.74) is 0. The van der Waals surface area contributed by atoms with Crippen LogP contribution in [0.15, 0.2) is 12.3 Å². The fraction of sp³-hybridized carbons (Fsp3) is 0.500. The number of hydrogen-bond acceptors (Lipinski definition) is 2. The van der Waals surface area contributed by atoms with Crippen LogP contribution in [0.4, 0.5) is 0 Å². The third-order valence-corrected chi connectivity index (χ3v) is 0.365. The van der Waals surface area contributed by atoms with E-state index in [1.165, 1.54) is 6.08 Å². The van der Waals surface area contributed by atoms with E-state index in [-0.39, 0.29) is 0 Å². The van der Waals surface area contributed by atoms with E-state index in [1.54, 1.807) is 6.92 Å². The van der Waals surface area contributed by atoms with Crippen molar-refractivity contribution in [3.8, 4) is 0 Å². The Labute approximate surface area is 36.7 Å². The first-order chi connectivity index (χ1) is 2.77. The highest BCUT2D eigenvalue weighted by Gasteiger charge is 1.79. The summed E-state index contributed by atoms with van der Waals surface area (Å²) in [7, 11) is 0. The van der Waals surface area contributed by atoms with Crippen LogP contribution < -0.4 is 0 Å². The van der Waals surface area contributed by atoms with Gasteiger partial charge in [-0.3, -0.25) is 0 Å². The van der Waals surface area contributed by atoms with Crippen molar-refractivity contribution in [2.75, 3.05) is 0 Å². The summed E-state index contributed by atoms with van der Waals surface area (Å²) in [6.45, 7) is 1.56. The van der Waals surface area contributed by atoms with E-state index in [0.717, 1.165) is 6.26 Å². The second-order valence-corrected chi connectivity index (χ2v) is 1.08. The smallest absolute Gasteiger partial charge is 0.0777 e. The molecule has 0 aromatic rings.